The molecular weight excluding hydrogens is 288 g/mol. The van der Waals surface area contributed by atoms with Crippen LogP contribution >= 0.6 is 23.4 Å². The molecule has 0 bridgehead atoms. The van der Waals surface area contributed by atoms with Gasteiger partial charge in [0.25, 0.3) is 0 Å². The van der Waals surface area contributed by atoms with Gasteiger partial charge in [0.05, 0.1) is 5.02 Å². The van der Waals surface area contributed by atoms with Crippen molar-refractivity contribution >= 4 is 23.4 Å². The van der Waals surface area contributed by atoms with Gasteiger partial charge in [-0.25, -0.2) is 4.98 Å². The number of hydrogen-bond acceptors (Lipinski definition) is 3. The maximum absolute atomic E-state index is 6.17. The van der Waals surface area contributed by atoms with Crippen molar-refractivity contribution in [2.45, 2.75) is 30.3 Å². The molecule has 1 aromatic carbocycles. The summed E-state index contributed by atoms with van der Waals surface area (Å²) in [6.45, 7) is 6.30. The van der Waals surface area contributed by atoms with Crippen molar-refractivity contribution in [1.29, 1.82) is 0 Å². The lowest BCUT2D eigenvalue weighted by Gasteiger charge is -2.11. The second-order valence-electron chi connectivity index (χ2n) is 5.02. The Morgan fingerprint density at radius 1 is 1.20 bits per heavy atom. The Labute approximate surface area is 130 Å². The van der Waals surface area contributed by atoms with E-state index in [1.54, 1.807) is 18.0 Å². The number of rotatable bonds is 6. The number of benzene rings is 1. The van der Waals surface area contributed by atoms with Crippen LogP contribution in [-0.4, -0.2) is 11.5 Å². The third kappa shape index (κ3) is 4.51. The Morgan fingerprint density at radius 3 is 2.75 bits per heavy atom. The van der Waals surface area contributed by atoms with Gasteiger partial charge in [0.15, 0.2) is 0 Å². The molecule has 0 fully saturated rings. The van der Waals surface area contributed by atoms with E-state index in [-0.39, 0.29) is 0 Å². The lowest BCUT2D eigenvalue weighted by atomic mass is 10.2. The number of nitrogens with one attached hydrogen (secondary N) is 1. The van der Waals surface area contributed by atoms with E-state index in [4.69, 9.17) is 11.6 Å². The Hall–Kier alpha value is -1.03. The summed E-state index contributed by atoms with van der Waals surface area (Å²) in [6, 6.07) is 12.1. The Morgan fingerprint density at radius 2 is 2.00 bits per heavy atom. The van der Waals surface area contributed by atoms with Crippen molar-refractivity contribution in [3.63, 3.8) is 0 Å². The highest BCUT2D eigenvalue weighted by Gasteiger charge is 2.07. The van der Waals surface area contributed by atoms with Crippen molar-refractivity contribution in [3.05, 3.63) is 53.2 Å². The third-order valence-electron chi connectivity index (χ3n) is 2.77. The second kappa shape index (κ2) is 7.67. The van der Waals surface area contributed by atoms with E-state index in [0.29, 0.717) is 10.9 Å². The fraction of sp³-hybridized carbons (Fsp3) is 0.312. The van der Waals surface area contributed by atoms with Crippen LogP contribution in [0.4, 0.5) is 0 Å². The summed E-state index contributed by atoms with van der Waals surface area (Å²) < 4.78 is 0. The van der Waals surface area contributed by atoms with E-state index in [1.807, 2.05) is 18.2 Å². The summed E-state index contributed by atoms with van der Waals surface area (Å²) in [5.74, 6) is 0.653. The Bertz CT molecular complexity index is 558. The van der Waals surface area contributed by atoms with Gasteiger partial charge in [0.2, 0.25) is 0 Å². The number of pyridine rings is 1. The summed E-state index contributed by atoms with van der Waals surface area (Å²) >= 11 is 7.79. The van der Waals surface area contributed by atoms with Crippen LogP contribution in [-0.2, 0) is 6.54 Å². The number of aromatic nitrogens is 1. The third-order valence-corrected chi connectivity index (χ3v) is 4.33. The monoisotopic (exact) mass is 306 g/mol. The normalized spacial score (nSPS) is 11.0. The van der Waals surface area contributed by atoms with E-state index >= 15 is 0 Å². The standard InChI is InChI=1S/C16H19ClN2S/c1-12(2)10-18-11-13-6-3-4-8-15(13)20-16-14(17)7-5-9-19-16/h3-9,12,18H,10-11H2,1-2H3. The first-order valence-corrected chi connectivity index (χ1v) is 7.93. The minimum absolute atomic E-state index is 0.653. The molecule has 0 aliphatic rings. The summed E-state index contributed by atoms with van der Waals surface area (Å²) in [6.07, 6.45) is 1.77. The number of halogens is 1. The first kappa shape index (κ1) is 15.4. The Balaban J connectivity index is 2.10. The van der Waals surface area contributed by atoms with Crippen molar-refractivity contribution in [3.8, 4) is 0 Å². The predicted octanol–water partition coefficient (Wildman–Crippen LogP) is 4.63. The molecule has 2 rings (SSSR count). The zero-order chi connectivity index (χ0) is 14.4. The molecule has 1 N–H and O–H groups in total. The maximum Gasteiger partial charge on any atom is 0.119 e. The van der Waals surface area contributed by atoms with E-state index in [9.17, 15) is 0 Å². The zero-order valence-electron chi connectivity index (χ0n) is 11.8. The van der Waals surface area contributed by atoms with E-state index in [0.717, 1.165) is 18.1 Å². The molecule has 1 heterocycles. The highest BCUT2D eigenvalue weighted by atomic mass is 35.5. The molecule has 2 nitrogen and oxygen atoms in total. The molecule has 2 aromatic rings. The molecule has 0 aliphatic heterocycles. The van der Waals surface area contributed by atoms with Gasteiger partial charge >= 0.3 is 0 Å². The molecule has 0 saturated carbocycles. The first-order chi connectivity index (χ1) is 9.66. The van der Waals surface area contributed by atoms with Crippen molar-refractivity contribution in [2.24, 2.45) is 5.92 Å². The average molecular weight is 307 g/mol. The fourth-order valence-corrected chi connectivity index (χ4v) is 2.94. The van der Waals surface area contributed by atoms with Gasteiger partial charge in [-0.1, -0.05) is 55.4 Å². The van der Waals surface area contributed by atoms with E-state index in [2.05, 4.69) is 42.3 Å². The topological polar surface area (TPSA) is 24.9 Å². The summed E-state index contributed by atoms with van der Waals surface area (Å²) in [5, 5.41) is 5.02. The molecule has 4 heteroatoms. The minimum Gasteiger partial charge on any atom is -0.312 e. The van der Waals surface area contributed by atoms with Crippen molar-refractivity contribution < 1.29 is 0 Å². The van der Waals surface area contributed by atoms with Crippen LogP contribution in [0.1, 0.15) is 19.4 Å². The van der Waals surface area contributed by atoms with Gasteiger partial charge in [-0.3, -0.25) is 0 Å². The molecule has 0 aliphatic carbocycles. The number of nitrogens with zero attached hydrogens (tertiary/aromatic N) is 1. The van der Waals surface area contributed by atoms with Crippen LogP contribution in [0.2, 0.25) is 5.02 Å². The highest BCUT2D eigenvalue weighted by molar-refractivity contribution is 7.99. The van der Waals surface area contributed by atoms with Gasteiger partial charge < -0.3 is 5.32 Å². The van der Waals surface area contributed by atoms with Crippen LogP contribution in [0.3, 0.4) is 0 Å². The molecule has 0 spiro atoms. The van der Waals surface area contributed by atoms with Gasteiger partial charge in [-0.15, -0.1) is 0 Å². The molecule has 20 heavy (non-hydrogen) atoms. The quantitative estimate of drug-likeness (QED) is 0.842. The van der Waals surface area contributed by atoms with E-state index < -0.39 is 0 Å². The van der Waals surface area contributed by atoms with Crippen LogP contribution in [0.15, 0.2) is 52.5 Å². The smallest absolute Gasteiger partial charge is 0.119 e. The van der Waals surface area contributed by atoms with Crippen molar-refractivity contribution in [2.75, 3.05) is 6.54 Å². The predicted molar refractivity (Wildman–Crippen MR) is 86.4 cm³/mol. The van der Waals surface area contributed by atoms with E-state index in [1.165, 1.54) is 10.5 Å². The van der Waals surface area contributed by atoms with Crippen LogP contribution in [0.5, 0.6) is 0 Å². The van der Waals surface area contributed by atoms with Gasteiger partial charge in [-0.05, 0) is 36.2 Å². The number of hydrogen-bond donors (Lipinski definition) is 1. The van der Waals surface area contributed by atoms with Gasteiger partial charge in [0, 0.05) is 17.6 Å². The summed E-state index contributed by atoms with van der Waals surface area (Å²) in [5.41, 5.74) is 1.28. The first-order valence-electron chi connectivity index (χ1n) is 6.74. The molecule has 0 unspecified atom stereocenters. The summed E-state index contributed by atoms with van der Waals surface area (Å²) in [4.78, 5) is 5.53. The largest absolute Gasteiger partial charge is 0.312 e. The van der Waals surface area contributed by atoms with Crippen LogP contribution < -0.4 is 5.32 Å². The Kier molecular flexibility index (Phi) is 5.89. The lowest BCUT2D eigenvalue weighted by molar-refractivity contribution is 0.550. The van der Waals surface area contributed by atoms with Crippen molar-refractivity contribution in [1.82, 2.24) is 10.3 Å². The average Bonchev–Trinajstić information content (AvgIpc) is 2.43. The van der Waals surface area contributed by atoms with Crippen LogP contribution in [0, 0.1) is 5.92 Å². The molecule has 0 saturated heterocycles. The highest BCUT2D eigenvalue weighted by Crippen LogP contribution is 2.33. The molecule has 1 aromatic heterocycles. The SMILES string of the molecule is CC(C)CNCc1ccccc1Sc1ncccc1Cl. The molecule has 0 atom stereocenters. The zero-order valence-corrected chi connectivity index (χ0v) is 13.3. The second-order valence-corrected chi connectivity index (χ2v) is 6.46. The maximum atomic E-state index is 6.17. The molecule has 106 valence electrons. The van der Waals surface area contributed by atoms with Gasteiger partial charge in [0.1, 0.15) is 5.03 Å². The lowest BCUT2D eigenvalue weighted by Crippen LogP contribution is -2.19. The van der Waals surface area contributed by atoms with Gasteiger partial charge in [-0.2, -0.15) is 0 Å². The molecule has 0 amide bonds. The minimum atomic E-state index is 0.653. The molecule has 0 radical (unpaired) electrons. The van der Waals surface area contributed by atoms with Crippen LogP contribution in [0.25, 0.3) is 0 Å². The molecular formula is C16H19ClN2S. The summed E-state index contributed by atoms with van der Waals surface area (Å²) in [7, 11) is 0. The fourth-order valence-electron chi connectivity index (χ4n) is 1.80.